The average molecular weight is 398 g/mol. The fourth-order valence-electron chi connectivity index (χ4n) is 1.93. The minimum atomic E-state index is -3.54. The smallest absolute Gasteiger partial charge is 0.255 e. The van der Waals surface area contributed by atoms with Crippen molar-refractivity contribution in [2.45, 2.75) is 24.8 Å². The standard InChI is InChI=1S/C12H20BrN3O3S2/c1-2-3-14-9-10-8-11(12(13)20-10)21(17,18)15-16-4-6-19-7-5-16/h8,14-15H,2-7,9H2,1H3. The predicted molar refractivity (Wildman–Crippen MR) is 86.7 cm³/mol. The summed E-state index contributed by atoms with van der Waals surface area (Å²) < 4.78 is 30.7. The fourth-order valence-corrected chi connectivity index (χ4v) is 5.71. The fraction of sp³-hybridized carbons (Fsp3) is 0.667. The van der Waals surface area contributed by atoms with Crippen molar-refractivity contribution >= 4 is 37.3 Å². The zero-order valence-electron chi connectivity index (χ0n) is 11.9. The van der Waals surface area contributed by atoms with Crippen LogP contribution < -0.4 is 10.1 Å². The van der Waals surface area contributed by atoms with Gasteiger partial charge in [0.05, 0.1) is 17.0 Å². The number of hydrazine groups is 1. The summed E-state index contributed by atoms with van der Waals surface area (Å²) in [6.45, 7) is 5.91. The van der Waals surface area contributed by atoms with Crippen molar-refractivity contribution in [2.24, 2.45) is 0 Å². The molecular formula is C12H20BrN3O3S2. The Balaban J connectivity index is 2.04. The van der Waals surface area contributed by atoms with Gasteiger partial charge in [0.1, 0.15) is 4.90 Å². The zero-order valence-corrected chi connectivity index (χ0v) is 15.1. The minimum Gasteiger partial charge on any atom is -0.379 e. The van der Waals surface area contributed by atoms with E-state index in [1.54, 1.807) is 11.1 Å². The van der Waals surface area contributed by atoms with Gasteiger partial charge < -0.3 is 10.1 Å². The van der Waals surface area contributed by atoms with Crippen LogP contribution in [-0.2, 0) is 21.3 Å². The predicted octanol–water partition coefficient (Wildman–Crippen LogP) is 1.54. The minimum absolute atomic E-state index is 0.298. The number of halogens is 1. The molecule has 1 aliphatic heterocycles. The molecule has 120 valence electrons. The molecule has 0 atom stereocenters. The number of rotatable bonds is 7. The van der Waals surface area contributed by atoms with Gasteiger partial charge in [-0.25, -0.2) is 13.4 Å². The van der Waals surface area contributed by atoms with E-state index in [9.17, 15) is 8.42 Å². The Labute approximate surface area is 138 Å². The molecule has 1 saturated heterocycles. The van der Waals surface area contributed by atoms with E-state index in [0.717, 1.165) is 17.8 Å². The first-order chi connectivity index (χ1) is 10.0. The highest BCUT2D eigenvalue weighted by molar-refractivity contribution is 9.11. The van der Waals surface area contributed by atoms with Crippen LogP contribution in [0.3, 0.4) is 0 Å². The van der Waals surface area contributed by atoms with Crippen LogP contribution in [0.25, 0.3) is 0 Å². The number of nitrogens with one attached hydrogen (secondary N) is 2. The summed E-state index contributed by atoms with van der Waals surface area (Å²) in [5.41, 5.74) is 0. The van der Waals surface area contributed by atoms with E-state index in [4.69, 9.17) is 4.74 Å². The molecule has 2 heterocycles. The van der Waals surface area contributed by atoms with Crippen LogP contribution in [0.4, 0.5) is 0 Å². The first-order valence-electron chi connectivity index (χ1n) is 6.87. The third-order valence-corrected chi connectivity index (χ3v) is 6.61. The molecule has 0 aliphatic carbocycles. The van der Waals surface area contributed by atoms with Crippen molar-refractivity contribution < 1.29 is 13.2 Å². The third-order valence-electron chi connectivity index (χ3n) is 2.98. The maximum absolute atomic E-state index is 12.4. The summed E-state index contributed by atoms with van der Waals surface area (Å²) in [7, 11) is -3.54. The summed E-state index contributed by atoms with van der Waals surface area (Å²) in [5.74, 6) is 0. The van der Waals surface area contributed by atoms with Crippen molar-refractivity contribution in [3.05, 3.63) is 14.7 Å². The van der Waals surface area contributed by atoms with Crippen LogP contribution in [0.1, 0.15) is 18.2 Å². The number of hydrogen-bond acceptors (Lipinski definition) is 6. The number of morpholine rings is 1. The summed E-state index contributed by atoms with van der Waals surface area (Å²) in [5, 5.41) is 4.95. The van der Waals surface area contributed by atoms with Gasteiger partial charge in [0.25, 0.3) is 10.0 Å². The van der Waals surface area contributed by atoms with Crippen molar-refractivity contribution in [3.8, 4) is 0 Å². The van der Waals surface area contributed by atoms with E-state index in [2.05, 4.69) is 33.0 Å². The van der Waals surface area contributed by atoms with Crippen LogP contribution in [-0.4, -0.2) is 46.3 Å². The van der Waals surface area contributed by atoms with Crippen LogP contribution in [0.2, 0.25) is 0 Å². The van der Waals surface area contributed by atoms with Gasteiger partial charge in [-0.1, -0.05) is 6.92 Å². The Kier molecular flexibility index (Phi) is 6.60. The largest absolute Gasteiger partial charge is 0.379 e. The van der Waals surface area contributed by atoms with Crippen molar-refractivity contribution in [1.82, 2.24) is 15.2 Å². The van der Waals surface area contributed by atoms with E-state index in [-0.39, 0.29) is 0 Å². The molecule has 1 fully saturated rings. The van der Waals surface area contributed by atoms with Crippen LogP contribution in [0.15, 0.2) is 14.7 Å². The molecule has 0 aromatic carbocycles. The molecule has 1 aromatic rings. The SMILES string of the molecule is CCCNCc1cc(S(=O)(=O)NN2CCOCC2)c(Br)s1. The van der Waals surface area contributed by atoms with E-state index >= 15 is 0 Å². The van der Waals surface area contributed by atoms with Crippen molar-refractivity contribution in [3.63, 3.8) is 0 Å². The van der Waals surface area contributed by atoms with Gasteiger partial charge in [0.2, 0.25) is 0 Å². The Bertz CT molecular complexity index is 556. The molecule has 0 bridgehead atoms. The Morgan fingerprint density at radius 1 is 1.43 bits per heavy atom. The summed E-state index contributed by atoms with van der Waals surface area (Å²) in [6, 6.07) is 1.72. The molecule has 0 radical (unpaired) electrons. The maximum atomic E-state index is 12.4. The van der Waals surface area contributed by atoms with Gasteiger partial charge in [0.15, 0.2) is 0 Å². The van der Waals surface area contributed by atoms with E-state index < -0.39 is 10.0 Å². The lowest BCUT2D eigenvalue weighted by Gasteiger charge is -2.26. The van der Waals surface area contributed by atoms with E-state index in [1.165, 1.54) is 11.3 Å². The number of hydrogen-bond donors (Lipinski definition) is 2. The summed E-state index contributed by atoms with van der Waals surface area (Å²) in [6.07, 6.45) is 1.05. The lowest BCUT2D eigenvalue weighted by molar-refractivity contribution is 0.0272. The van der Waals surface area contributed by atoms with Gasteiger partial charge >= 0.3 is 0 Å². The molecule has 9 heteroatoms. The normalized spacial score (nSPS) is 17.2. The number of ether oxygens (including phenoxy) is 1. The third kappa shape index (κ3) is 4.98. The average Bonchev–Trinajstić information content (AvgIpc) is 2.82. The molecule has 0 spiro atoms. The molecule has 0 amide bonds. The molecule has 6 nitrogen and oxygen atoms in total. The van der Waals surface area contributed by atoms with Gasteiger partial charge in [0, 0.05) is 24.5 Å². The number of sulfonamides is 1. The molecule has 2 rings (SSSR count). The van der Waals surface area contributed by atoms with E-state index in [1.807, 2.05) is 0 Å². The molecule has 1 aliphatic rings. The first kappa shape index (κ1) is 17.3. The molecule has 0 saturated carbocycles. The lowest BCUT2D eigenvalue weighted by atomic mass is 10.4. The van der Waals surface area contributed by atoms with Gasteiger partial charge in [-0.15, -0.1) is 16.2 Å². The van der Waals surface area contributed by atoms with Crippen LogP contribution in [0, 0.1) is 0 Å². The highest BCUT2D eigenvalue weighted by atomic mass is 79.9. The topological polar surface area (TPSA) is 70.7 Å². The number of thiophene rings is 1. The van der Waals surface area contributed by atoms with E-state index in [0.29, 0.717) is 41.5 Å². The highest BCUT2D eigenvalue weighted by Crippen LogP contribution is 2.31. The summed E-state index contributed by atoms with van der Waals surface area (Å²) >= 11 is 4.80. The van der Waals surface area contributed by atoms with Crippen LogP contribution in [0.5, 0.6) is 0 Å². The highest BCUT2D eigenvalue weighted by Gasteiger charge is 2.24. The van der Waals surface area contributed by atoms with Crippen molar-refractivity contribution in [1.29, 1.82) is 0 Å². The van der Waals surface area contributed by atoms with Gasteiger partial charge in [-0.3, -0.25) is 0 Å². The number of nitrogens with zero attached hydrogens (tertiary/aromatic N) is 1. The molecule has 1 aromatic heterocycles. The Hall–Kier alpha value is -0.0300. The second-order valence-corrected chi connectivity index (χ2v) is 8.81. The molecule has 0 unspecified atom stereocenters. The molecule has 2 N–H and O–H groups in total. The maximum Gasteiger partial charge on any atom is 0.255 e. The molecular weight excluding hydrogens is 378 g/mol. The monoisotopic (exact) mass is 397 g/mol. The van der Waals surface area contributed by atoms with Gasteiger partial charge in [-0.2, -0.15) is 0 Å². The summed E-state index contributed by atoms with van der Waals surface area (Å²) in [4.78, 5) is 3.91. The first-order valence-corrected chi connectivity index (χ1v) is 9.96. The Morgan fingerprint density at radius 3 is 2.81 bits per heavy atom. The van der Waals surface area contributed by atoms with Crippen LogP contribution >= 0.6 is 27.3 Å². The Morgan fingerprint density at radius 2 is 2.14 bits per heavy atom. The second kappa shape index (κ2) is 8.00. The zero-order chi connectivity index (χ0) is 15.3. The van der Waals surface area contributed by atoms with Gasteiger partial charge in [-0.05, 0) is 35.0 Å². The second-order valence-electron chi connectivity index (χ2n) is 4.72. The lowest BCUT2D eigenvalue weighted by Crippen LogP contribution is -2.48. The quantitative estimate of drug-likeness (QED) is 0.682. The van der Waals surface area contributed by atoms with Crippen molar-refractivity contribution in [2.75, 3.05) is 32.8 Å². The molecule has 21 heavy (non-hydrogen) atoms.